The number of rotatable bonds is 3. The Balaban J connectivity index is 0.00000117. The van der Waals surface area contributed by atoms with Crippen LogP contribution >= 0.6 is 11.3 Å². The molecule has 4 rings (SSSR count). The molecule has 150 valence electrons. The summed E-state index contributed by atoms with van der Waals surface area (Å²) in [6.07, 6.45) is 0. The van der Waals surface area contributed by atoms with Crippen LogP contribution in [0.2, 0.25) is 0 Å². The molecule has 0 unspecified atom stereocenters. The highest BCUT2D eigenvalue weighted by atomic mass is 32.1. The third-order valence-electron chi connectivity index (χ3n) is 4.91. The van der Waals surface area contributed by atoms with Crippen molar-refractivity contribution in [3.8, 4) is 10.4 Å². The Morgan fingerprint density at radius 3 is 2.14 bits per heavy atom. The van der Waals surface area contributed by atoms with Gasteiger partial charge >= 0.3 is 5.69 Å². The highest BCUT2D eigenvalue weighted by molar-refractivity contribution is 7.22. The summed E-state index contributed by atoms with van der Waals surface area (Å²) < 4.78 is 2.92. The molecule has 0 amide bonds. The van der Waals surface area contributed by atoms with Crippen LogP contribution in [0.25, 0.3) is 20.7 Å². The minimum absolute atomic E-state index is 0.230. The van der Waals surface area contributed by atoms with Gasteiger partial charge in [-0.15, -0.1) is 11.3 Å². The van der Waals surface area contributed by atoms with Crippen LogP contribution in [0.1, 0.15) is 30.5 Å². The summed E-state index contributed by atoms with van der Waals surface area (Å²) in [6, 6.07) is 18.1. The Labute approximate surface area is 174 Å². The Kier molecular flexibility index (Phi) is 6.18. The van der Waals surface area contributed by atoms with E-state index in [1.165, 1.54) is 21.5 Å². The predicted molar refractivity (Wildman–Crippen MR) is 123 cm³/mol. The van der Waals surface area contributed by atoms with Crippen LogP contribution in [0, 0.1) is 13.8 Å². The van der Waals surface area contributed by atoms with Gasteiger partial charge in [-0.2, -0.15) is 0 Å². The van der Waals surface area contributed by atoms with Crippen LogP contribution in [0.15, 0.2) is 64.2 Å². The Morgan fingerprint density at radius 2 is 1.52 bits per heavy atom. The van der Waals surface area contributed by atoms with E-state index in [2.05, 4.69) is 31.2 Å². The number of fused-ring (bicyclic) bond motifs is 1. The maximum atomic E-state index is 12.8. The maximum Gasteiger partial charge on any atom is 0.332 e. The molecule has 0 aliphatic carbocycles. The zero-order valence-corrected chi connectivity index (χ0v) is 18.3. The summed E-state index contributed by atoms with van der Waals surface area (Å²) in [7, 11) is 1.55. The SMILES string of the molecule is CC.Cc1ccc(-c2sc3c(c2C)c(=O)n(C)c(=O)n3Cc2ccccc2)cc1. The van der Waals surface area contributed by atoms with Crippen molar-refractivity contribution < 1.29 is 0 Å². The number of benzene rings is 2. The Hall–Kier alpha value is -2.92. The van der Waals surface area contributed by atoms with Gasteiger partial charge in [0, 0.05) is 11.9 Å². The lowest BCUT2D eigenvalue weighted by atomic mass is 10.1. The van der Waals surface area contributed by atoms with Crippen molar-refractivity contribution in [2.45, 2.75) is 34.2 Å². The fourth-order valence-corrected chi connectivity index (χ4v) is 4.65. The first-order chi connectivity index (χ1) is 14.0. The first-order valence-electron chi connectivity index (χ1n) is 9.81. The van der Waals surface area contributed by atoms with E-state index in [-0.39, 0.29) is 11.2 Å². The van der Waals surface area contributed by atoms with Crippen LogP contribution in [-0.2, 0) is 13.6 Å². The fraction of sp³-hybridized carbons (Fsp3) is 0.250. The summed E-state index contributed by atoms with van der Waals surface area (Å²) in [6.45, 7) is 8.46. The summed E-state index contributed by atoms with van der Waals surface area (Å²) in [5, 5.41) is 0.633. The van der Waals surface area contributed by atoms with Crippen LogP contribution < -0.4 is 11.2 Å². The molecule has 0 spiro atoms. The zero-order chi connectivity index (χ0) is 21.1. The van der Waals surface area contributed by atoms with E-state index in [4.69, 9.17) is 0 Å². The van der Waals surface area contributed by atoms with Gasteiger partial charge in [-0.3, -0.25) is 13.9 Å². The highest BCUT2D eigenvalue weighted by Gasteiger charge is 2.19. The topological polar surface area (TPSA) is 44.0 Å². The van der Waals surface area contributed by atoms with E-state index < -0.39 is 0 Å². The van der Waals surface area contributed by atoms with Gasteiger partial charge in [-0.25, -0.2) is 4.79 Å². The molecule has 0 atom stereocenters. The Morgan fingerprint density at radius 1 is 0.897 bits per heavy atom. The van der Waals surface area contributed by atoms with Gasteiger partial charge < -0.3 is 0 Å². The average Bonchev–Trinajstić information content (AvgIpc) is 3.09. The Bertz CT molecular complexity index is 1250. The summed E-state index contributed by atoms with van der Waals surface area (Å²) >= 11 is 1.52. The average molecular weight is 407 g/mol. The zero-order valence-electron chi connectivity index (χ0n) is 17.5. The van der Waals surface area contributed by atoms with Crippen molar-refractivity contribution >= 4 is 21.6 Å². The maximum absolute atomic E-state index is 12.8. The molecule has 29 heavy (non-hydrogen) atoms. The van der Waals surface area contributed by atoms with Crippen molar-refractivity contribution in [3.63, 3.8) is 0 Å². The largest absolute Gasteiger partial charge is 0.332 e. The molecule has 0 aliphatic rings. The molecule has 0 aliphatic heterocycles. The van der Waals surface area contributed by atoms with E-state index in [0.717, 1.165) is 26.4 Å². The lowest BCUT2D eigenvalue weighted by Gasteiger charge is -2.09. The summed E-state index contributed by atoms with van der Waals surface area (Å²) in [5.41, 5.74) is 3.71. The molecule has 2 heterocycles. The standard InChI is InChI=1S/C22H20N2O2S.C2H6/c1-14-9-11-17(12-10-14)19-15(2)18-20(25)23(3)22(26)24(21(18)27-19)13-16-7-5-4-6-8-16;1-2/h4-12H,13H2,1-3H3;1-2H3. The molecule has 4 nitrogen and oxygen atoms in total. The van der Waals surface area contributed by atoms with Gasteiger partial charge in [-0.05, 0) is 30.5 Å². The first-order valence-corrected chi connectivity index (χ1v) is 10.6. The second kappa shape index (κ2) is 8.62. The molecule has 5 heteroatoms. The molecule has 0 radical (unpaired) electrons. The predicted octanol–water partition coefficient (Wildman–Crippen LogP) is 5.12. The molecular weight excluding hydrogens is 380 g/mol. The van der Waals surface area contributed by atoms with Crippen molar-refractivity contribution in [3.05, 3.63) is 92.1 Å². The molecular formula is C24H26N2O2S. The highest BCUT2D eigenvalue weighted by Crippen LogP contribution is 2.36. The van der Waals surface area contributed by atoms with Gasteiger partial charge in [0.25, 0.3) is 5.56 Å². The lowest BCUT2D eigenvalue weighted by molar-refractivity contribution is 0.677. The smallest absolute Gasteiger partial charge is 0.280 e. The van der Waals surface area contributed by atoms with Crippen LogP contribution in [0.4, 0.5) is 0 Å². The lowest BCUT2D eigenvalue weighted by Crippen LogP contribution is -2.38. The molecule has 0 saturated heterocycles. The number of hydrogen-bond acceptors (Lipinski definition) is 3. The number of nitrogens with zero attached hydrogens (tertiary/aromatic N) is 2. The van der Waals surface area contributed by atoms with Gasteiger partial charge in [0.05, 0.1) is 11.9 Å². The molecule has 0 saturated carbocycles. The molecule has 0 fully saturated rings. The fourth-order valence-electron chi connectivity index (χ4n) is 3.35. The van der Waals surface area contributed by atoms with Gasteiger partial charge in [0.15, 0.2) is 0 Å². The minimum atomic E-state index is -0.284. The van der Waals surface area contributed by atoms with E-state index in [1.807, 2.05) is 51.1 Å². The van der Waals surface area contributed by atoms with Gasteiger partial charge in [0.1, 0.15) is 4.83 Å². The monoisotopic (exact) mass is 406 g/mol. The molecule has 2 aromatic carbocycles. The second-order valence-electron chi connectivity index (χ2n) is 6.82. The van der Waals surface area contributed by atoms with Gasteiger partial charge in [-0.1, -0.05) is 74.0 Å². The second-order valence-corrected chi connectivity index (χ2v) is 7.82. The third kappa shape index (κ3) is 3.83. The van der Waals surface area contributed by atoms with Crippen LogP contribution in [-0.4, -0.2) is 9.13 Å². The molecule has 2 aromatic heterocycles. The quantitative estimate of drug-likeness (QED) is 0.474. The molecule has 0 bridgehead atoms. The third-order valence-corrected chi connectivity index (χ3v) is 6.27. The molecule has 4 aromatic rings. The van der Waals surface area contributed by atoms with Crippen LogP contribution in [0.5, 0.6) is 0 Å². The number of thiophene rings is 1. The summed E-state index contributed by atoms with van der Waals surface area (Å²) in [4.78, 5) is 27.4. The summed E-state index contributed by atoms with van der Waals surface area (Å²) in [5.74, 6) is 0. The van der Waals surface area contributed by atoms with E-state index >= 15 is 0 Å². The van der Waals surface area contributed by atoms with Crippen molar-refractivity contribution in [1.29, 1.82) is 0 Å². The molecule has 0 N–H and O–H groups in total. The number of aryl methyl sites for hydroxylation is 2. The number of aromatic nitrogens is 2. The van der Waals surface area contributed by atoms with Crippen molar-refractivity contribution in [2.24, 2.45) is 7.05 Å². The van der Waals surface area contributed by atoms with E-state index in [1.54, 1.807) is 11.6 Å². The minimum Gasteiger partial charge on any atom is -0.280 e. The van der Waals surface area contributed by atoms with Gasteiger partial charge in [0.2, 0.25) is 0 Å². The number of hydrogen-bond donors (Lipinski definition) is 0. The first kappa shape index (κ1) is 20.8. The van der Waals surface area contributed by atoms with E-state index in [9.17, 15) is 9.59 Å². The van der Waals surface area contributed by atoms with Crippen molar-refractivity contribution in [1.82, 2.24) is 9.13 Å². The normalized spacial score (nSPS) is 10.7. The van der Waals surface area contributed by atoms with E-state index in [0.29, 0.717) is 11.9 Å². The van der Waals surface area contributed by atoms with Crippen molar-refractivity contribution in [2.75, 3.05) is 0 Å². The van der Waals surface area contributed by atoms with Crippen LogP contribution in [0.3, 0.4) is 0 Å².